The van der Waals surface area contributed by atoms with Crippen LogP contribution in [0.4, 0.5) is 0 Å². The molecule has 3 heteroatoms. The van der Waals surface area contributed by atoms with Crippen molar-refractivity contribution in [2.24, 2.45) is 12.8 Å². The van der Waals surface area contributed by atoms with Crippen LogP contribution in [0, 0.1) is 0 Å². The van der Waals surface area contributed by atoms with Crippen LogP contribution in [0.5, 0.6) is 0 Å². The lowest BCUT2D eigenvalue weighted by molar-refractivity contribution is 0.623. The van der Waals surface area contributed by atoms with Crippen molar-refractivity contribution in [2.45, 2.75) is 32.7 Å². The van der Waals surface area contributed by atoms with Gasteiger partial charge in [0, 0.05) is 7.05 Å². The molecule has 0 aliphatic heterocycles. The molecule has 1 atom stereocenters. The third-order valence-electron chi connectivity index (χ3n) is 3.16. The lowest BCUT2D eigenvalue weighted by Gasteiger charge is -2.08. The van der Waals surface area contributed by atoms with Crippen molar-refractivity contribution in [3.8, 4) is 0 Å². The smallest absolute Gasteiger partial charge is 0.126 e. The van der Waals surface area contributed by atoms with Gasteiger partial charge < -0.3 is 10.3 Å². The number of aryl methyl sites for hydroxylation is 2. The first-order valence-corrected chi connectivity index (χ1v) is 5.88. The summed E-state index contributed by atoms with van der Waals surface area (Å²) < 4.78 is 2.10. The highest BCUT2D eigenvalue weighted by atomic mass is 15.1. The van der Waals surface area contributed by atoms with Gasteiger partial charge in [-0.2, -0.15) is 0 Å². The van der Waals surface area contributed by atoms with Crippen LogP contribution in [0.25, 0.3) is 11.0 Å². The molecule has 1 unspecified atom stereocenters. The molecule has 16 heavy (non-hydrogen) atoms. The number of nitrogens with zero attached hydrogens (tertiary/aromatic N) is 2. The number of rotatable bonds is 3. The zero-order valence-corrected chi connectivity index (χ0v) is 10.2. The zero-order valence-electron chi connectivity index (χ0n) is 10.2. The molecule has 0 spiro atoms. The topological polar surface area (TPSA) is 43.8 Å². The van der Waals surface area contributed by atoms with Crippen LogP contribution in [0.2, 0.25) is 0 Å². The average molecular weight is 217 g/mol. The summed E-state index contributed by atoms with van der Waals surface area (Å²) in [5.74, 6) is 0.978. The molecule has 1 aromatic heterocycles. The standard InChI is InChI=1S/C13H19N3/c1-4-9-6-7-12-11(8-9)15-13(16(12)3)10(14)5-2/h6-8,10H,4-5,14H2,1-3H3. The van der Waals surface area contributed by atoms with Gasteiger partial charge in [0.25, 0.3) is 0 Å². The minimum Gasteiger partial charge on any atom is -0.330 e. The summed E-state index contributed by atoms with van der Waals surface area (Å²) >= 11 is 0. The number of hydrogen-bond acceptors (Lipinski definition) is 2. The van der Waals surface area contributed by atoms with Crippen molar-refractivity contribution in [3.63, 3.8) is 0 Å². The fourth-order valence-corrected chi connectivity index (χ4v) is 2.00. The second-order valence-corrected chi connectivity index (χ2v) is 4.22. The molecule has 0 saturated carbocycles. The van der Waals surface area contributed by atoms with Gasteiger partial charge in [-0.15, -0.1) is 0 Å². The van der Waals surface area contributed by atoms with Crippen LogP contribution in [0.3, 0.4) is 0 Å². The molecular weight excluding hydrogens is 198 g/mol. The van der Waals surface area contributed by atoms with Gasteiger partial charge in [-0.1, -0.05) is 19.9 Å². The molecule has 0 amide bonds. The van der Waals surface area contributed by atoms with Crippen LogP contribution in [0.15, 0.2) is 18.2 Å². The first-order chi connectivity index (χ1) is 7.67. The SMILES string of the molecule is CCc1ccc2c(c1)nc(C(N)CC)n2C. The number of hydrogen-bond donors (Lipinski definition) is 1. The highest BCUT2D eigenvalue weighted by molar-refractivity contribution is 5.77. The Balaban J connectivity index is 2.58. The predicted molar refractivity (Wildman–Crippen MR) is 67.3 cm³/mol. The maximum Gasteiger partial charge on any atom is 0.126 e. The third-order valence-corrected chi connectivity index (χ3v) is 3.16. The Bertz CT molecular complexity index is 499. The quantitative estimate of drug-likeness (QED) is 0.858. The van der Waals surface area contributed by atoms with Crippen molar-refractivity contribution in [1.29, 1.82) is 0 Å². The number of benzene rings is 1. The Morgan fingerprint density at radius 3 is 2.75 bits per heavy atom. The van der Waals surface area contributed by atoms with E-state index in [4.69, 9.17) is 5.73 Å². The molecule has 2 N–H and O–H groups in total. The Labute approximate surface area is 96.3 Å². The van der Waals surface area contributed by atoms with Gasteiger partial charge in [-0.3, -0.25) is 0 Å². The minimum absolute atomic E-state index is 0.0301. The second-order valence-electron chi connectivity index (χ2n) is 4.22. The van der Waals surface area contributed by atoms with Crippen LogP contribution >= 0.6 is 0 Å². The normalized spacial score (nSPS) is 13.2. The molecule has 0 aliphatic carbocycles. The van der Waals surface area contributed by atoms with Crippen molar-refractivity contribution in [3.05, 3.63) is 29.6 Å². The summed E-state index contributed by atoms with van der Waals surface area (Å²) in [5, 5.41) is 0. The average Bonchev–Trinajstić information content (AvgIpc) is 2.65. The van der Waals surface area contributed by atoms with Crippen LogP contribution in [-0.4, -0.2) is 9.55 Å². The van der Waals surface area contributed by atoms with E-state index in [2.05, 4.69) is 41.6 Å². The third kappa shape index (κ3) is 1.71. The second kappa shape index (κ2) is 4.26. The molecule has 3 nitrogen and oxygen atoms in total. The van der Waals surface area contributed by atoms with Crippen molar-refractivity contribution < 1.29 is 0 Å². The van der Waals surface area contributed by atoms with E-state index in [1.165, 1.54) is 5.56 Å². The largest absolute Gasteiger partial charge is 0.330 e. The highest BCUT2D eigenvalue weighted by Crippen LogP contribution is 2.21. The molecular formula is C13H19N3. The van der Waals surface area contributed by atoms with Gasteiger partial charge in [0.15, 0.2) is 0 Å². The summed E-state index contributed by atoms with van der Waals surface area (Å²) in [6.45, 7) is 4.24. The predicted octanol–water partition coefficient (Wildman–Crippen LogP) is 2.55. The van der Waals surface area contributed by atoms with E-state index in [-0.39, 0.29) is 6.04 Å². The molecule has 0 fully saturated rings. The van der Waals surface area contributed by atoms with E-state index in [9.17, 15) is 0 Å². The summed E-state index contributed by atoms with van der Waals surface area (Å²) in [7, 11) is 2.03. The van der Waals surface area contributed by atoms with Crippen molar-refractivity contribution >= 4 is 11.0 Å². The number of imidazole rings is 1. The Kier molecular flexibility index (Phi) is 2.97. The maximum absolute atomic E-state index is 6.05. The van der Waals surface area contributed by atoms with E-state index in [1.807, 2.05) is 7.05 Å². The number of aromatic nitrogens is 2. The van der Waals surface area contributed by atoms with Gasteiger partial charge in [-0.05, 0) is 30.5 Å². The highest BCUT2D eigenvalue weighted by Gasteiger charge is 2.13. The fourth-order valence-electron chi connectivity index (χ4n) is 2.00. The van der Waals surface area contributed by atoms with E-state index in [0.717, 1.165) is 29.7 Å². The summed E-state index contributed by atoms with van der Waals surface area (Å²) in [5.41, 5.74) is 9.59. The molecule has 86 valence electrons. The Morgan fingerprint density at radius 2 is 2.12 bits per heavy atom. The van der Waals surface area contributed by atoms with Gasteiger partial charge >= 0.3 is 0 Å². The Morgan fingerprint density at radius 1 is 1.38 bits per heavy atom. The summed E-state index contributed by atoms with van der Waals surface area (Å²) in [6.07, 6.45) is 1.96. The Hall–Kier alpha value is -1.35. The monoisotopic (exact) mass is 217 g/mol. The van der Waals surface area contributed by atoms with E-state index in [0.29, 0.717) is 0 Å². The summed E-state index contributed by atoms with van der Waals surface area (Å²) in [4.78, 5) is 4.63. The molecule has 0 bridgehead atoms. The molecule has 0 saturated heterocycles. The lowest BCUT2D eigenvalue weighted by atomic mass is 10.1. The van der Waals surface area contributed by atoms with Crippen molar-refractivity contribution in [2.75, 3.05) is 0 Å². The molecule has 2 rings (SSSR count). The molecule has 0 radical (unpaired) electrons. The van der Waals surface area contributed by atoms with E-state index in [1.54, 1.807) is 0 Å². The van der Waals surface area contributed by atoms with E-state index < -0.39 is 0 Å². The van der Waals surface area contributed by atoms with Crippen molar-refractivity contribution in [1.82, 2.24) is 9.55 Å². The van der Waals surface area contributed by atoms with Gasteiger partial charge in [0.1, 0.15) is 5.82 Å². The van der Waals surface area contributed by atoms with Gasteiger partial charge in [-0.25, -0.2) is 4.98 Å². The molecule has 2 aromatic rings. The lowest BCUT2D eigenvalue weighted by Crippen LogP contribution is -2.13. The molecule has 1 aromatic carbocycles. The molecule has 0 aliphatic rings. The number of nitrogens with two attached hydrogens (primary N) is 1. The maximum atomic E-state index is 6.05. The van der Waals surface area contributed by atoms with E-state index >= 15 is 0 Å². The first-order valence-electron chi connectivity index (χ1n) is 5.88. The van der Waals surface area contributed by atoms with Gasteiger partial charge in [0.2, 0.25) is 0 Å². The van der Waals surface area contributed by atoms with Crippen LogP contribution in [0.1, 0.15) is 37.7 Å². The summed E-state index contributed by atoms with van der Waals surface area (Å²) in [6, 6.07) is 6.47. The van der Waals surface area contributed by atoms with Crippen LogP contribution < -0.4 is 5.73 Å². The fraction of sp³-hybridized carbons (Fsp3) is 0.462. The number of fused-ring (bicyclic) bond motifs is 1. The minimum atomic E-state index is 0.0301. The molecule has 1 heterocycles. The van der Waals surface area contributed by atoms with Crippen LogP contribution in [-0.2, 0) is 13.5 Å². The van der Waals surface area contributed by atoms with Gasteiger partial charge in [0.05, 0.1) is 17.1 Å². The first kappa shape index (κ1) is 11.1. The zero-order chi connectivity index (χ0) is 11.7.